The molecule has 0 unspecified atom stereocenters. The molecular formula is C26H37FN2O3Si. The van der Waals surface area contributed by atoms with Crippen molar-refractivity contribution < 1.29 is 18.7 Å². The zero-order chi connectivity index (χ0) is 24.4. The van der Waals surface area contributed by atoms with Gasteiger partial charge in [-0.1, -0.05) is 39.7 Å². The number of fused-ring (bicyclic) bond motifs is 1. The van der Waals surface area contributed by atoms with E-state index in [0.717, 1.165) is 29.8 Å². The van der Waals surface area contributed by atoms with Crippen LogP contribution in [0.2, 0.25) is 18.1 Å². The third-order valence-corrected chi connectivity index (χ3v) is 11.8. The minimum Gasteiger partial charge on any atom is -0.481 e. The number of hydrogen-bond donors (Lipinski definition) is 1. The number of rotatable bonds is 9. The maximum atomic E-state index is 13.4. The van der Waals surface area contributed by atoms with Crippen molar-refractivity contribution in [2.45, 2.75) is 77.9 Å². The van der Waals surface area contributed by atoms with Crippen molar-refractivity contribution in [2.24, 2.45) is 5.41 Å². The first-order chi connectivity index (χ1) is 15.4. The Morgan fingerprint density at radius 3 is 2.52 bits per heavy atom. The zero-order valence-corrected chi connectivity index (χ0v) is 21.7. The number of carboxylic acid groups (broad SMARTS) is 1. The maximum Gasteiger partial charge on any atom is 0.303 e. The smallest absolute Gasteiger partial charge is 0.303 e. The largest absolute Gasteiger partial charge is 0.481 e. The van der Waals surface area contributed by atoms with Crippen LogP contribution in [0.15, 0.2) is 36.0 Å². The summed E-state index contributed by atoms with van der Waals surface area (Å²) in [6.45, 7) is 13.8. The summed E-state index contributed by atoms with van der Waals surface area (Å²) in [5.74, 6) is -1.07. The molecule has 2 aromatic rings. The lowest BCUT2D eigenvalue weighted by Gasteiger charge is -2.44. The van der Waals surface area contributed by atoms with Crippen LogP contribution < -0.4 is 0 Å². The summed E-state index contributed by atoms with van der Waals surface area (Å²) in [6.07, 6.45) is 7.19. The number of aliphatic carboxylic acids is 1. The Morgan fingerprint density at radius 1 is 1.27 bits per heavy atom. The van der Waals surface area contributed by atoms with Gasteiger partial charge in [-0.25, -0.2) is 9.07 Å². The Bertz CT molecular complexity index is 1020. The van der Waals surface area contributed by atoms with Crippen LogP contribution in [-0.4, -0.2) is 35.8 Å². The fraction of sp³-hybridized carbons (Fsp3) is 0.538. The van der Waals surface area contributed by atoms with Gasteiger partial charge < -0.3 is 9.53 Å². The minimum absolute atomic E-state index is 0.0723. The first-order valence-corrected chi connectivity index (χ1v) is 14.7. The van der Waals surface area contributed by atoms with Crippen LogP contribution in [0, 0.1) is 11.2 Å². The van der Waals surface area contributed by atoms with Gasteiger partial charge in [-0.05, 0) is 73.3 Å². The monoisotopic (exact) mass is 472 g/mol. The quantitative estimate of drug-likeness (QED) is 0.416. The van der Waals surface area contributed by atoms with Crippen LogP contribution in [0.4, 0.5) is 4.39 Å². The predicted molar refractivity (Wildman–Crippen MR) is 133 cm³/mol. The number of carboxylic acids is 1. The molecule has 1 aromatic carbocycles. The Labute approximate surface area is 197 Å². The Kier molecular flexibility index (Phi) is 7.34. The summed E-state index contributed by atoms with van der Waals surface area (Å²) in [7, 11) is -2.02. The summed E-state index contributed by atoms with van der Waals surface area (Å²) in [6, 6.07) is 6.33. The number of halogens is 1. The van der Waals surface area contributed by atoms with Crippen LogP contribution in [0.3, 0.4) is 0 Å². The first-order valence-electron chi connectivity index (χ1n) is 11.8. The van der Waals surface area contributed by atoms with Crippen LogP contribution in [0.25, 0.3) is 11.8 Å². The second-order valence-electron chi connectivity index (χ2n) is 10.8. The molecule has 5 nitrogen and oxygen atoms in total. The van der Waals surface area contributed by atoms with E-state index in [1.165, 1.54) is 17.7 Å². The Hall–Kier alpha value is -2.25. The van der Waals surface area contributed by atoms with E-state index in [-0.39, 0.29) is 22.7 Å². The topological polar surface area (TPSA) is 64.4 Å². The Balaban J connectivity index is 2.03. The number of aromatic nitrogens is 2. The molecule has 0 aliphatic heterocycles. The molecule has 0 bridgehead atoms. The molecule has 1 aromatic heterocycles. The van der Waals surface area contributed by atoms with Crippen LogP contribution in [0.1, 0.15) is 64.6 Å². The maximum absolute atomic E-state index is 13.4. The number of carbonyl (C=O) groups is 1. The van der Waals surface area contributed by atoms with Gasteiger partial charge in [-0.15, -0.1) is 0 Å². The van der Waals surface area contributed by atoms with E-state index in [2.05, 4.69) is 52.0 Å². The highest BCUT2D eigenvalue weighted by Gasteiger charge is 2.43. The molecule has 7 heteroatoms. The summed E-state index contributed by atoms with van der Waals surface area (Å²) in [5, 5.41) is 14.2. The van der Waals surface area contributed by atoms with Crippen LogP contribution in [0.5, 0.6) is 0 Å². The molecule has 0 saturated heterocycles. The summed E-state index contributed by atoms with van der Waals surface area (Å²) in [4.78, 5) is 11.6. The molecule has 1 atom stereocenters. The average molecular weight is 473 g/mol. The molecule has 0 amide bonds. The van der Waals surface area contributed by atoms with Crippen molar-refractivity contribution in [3.05, 3.63) is 53.1 Å². The van der Waals surface area contributed by atoms with E-state index in [1.807, 2.05) is 10.9 Å². The lowest BCUT2D eigenvalue weighted by Crippen LogP contribution is -2.45. The number of nitrogens with zero attached hydrogens (tertiary/aromatic N) is 2. The van der Waals surface area contributed by atoms with Gasteiger partial charge in [0, 0.05) is 18.4 Å². The van der Waals surface area contributed by atoms with Crippen LogP contribution in [-0.2, 0) is 15.6 Å². The van der Waals surface area contributed by atoms with E-state index >= 15 is 0 Å². The van der Waals surface area contributed by atoms with Gasteiger partial charge in [-0.3, -0.25) is 4.79 Å². The molecule has 1 aliphatic rings. The first kappa shape index (κ1) is 25.4. The molecule has 1 heterocycles. The molecule has 3 rings (SSSR count). The minimum atomic E-state index is -2.02. The van der Waals surface area contributed by atoms with E-state index < -0.39 is 14.3 Å². The Morgan fingerprint density at radius 2 is 1.94 bits per heavy atom. The van der Waals surface area contributed by atoms with Gasteiger partial charge in [0.2, 0.25) is 0 Å². The third kappa shape index (κ3) is 5.46. The van der Waals surface area contributed by atoms with Crippen molar-refractivity contribution in [1.29, 1.82) is 0 Å². The van der Waals surface area contributed by atoms with Gasteiger partial charge >= 0.3 is 5.97 Å². The number of benzene rings is 1. The fourth-order valence-corrected chi connectivity index (χ4v) is 5.29. The number of hydrogen-bond acceptors (Lipinski definition) is 3. The van der Waals surface area contributed by atoms with E-state index in [0.29, 0.717) is 19.4 Å². The summed E-state index contributed by atoms with van der Waals surface area (Å²) < 4.78 is 22.0. The van der Waals surface area contributed by atoms with Gasteiger partial charge in [0.1, 0.15) is 5.82 Å². The molecular weight excluding hydrogens is 435 g/mol. The van der Waals surface area contributed by atoms with Gasteiger partial charge in [-0.2, -0.15) is 5.10 Å². The molecule has 0 spiro atoms. The SMILES string of the molecule is CCCC1=Cc2c(cnn2-c2ccc(F)cc2)C[C@@]1(CCC(=O)O)CO[Si](C)(C)C(C)(C)C. The lowest BCUT2D eigenvalue weighted by atomic mass is 9.68. The predicted octanol–water partition coefficient (Wildman–Crippen LogP) is 6.62. The highest BCUT2D eigenvalue weighted by atomic mass is 28.4. The van der Waals surface area contributed by atoms with Crippen molar-refractivity contribution in [2.75, 3.05) is 6.61 Å². The van der Waals surface area contributed by atoms with E-state index in [1.54, 1.807) is 12.1 Å². The molecule has 1 N–H and O–H groups in total. The molecule has 0 saturated carbocycles. The highest BCUT2D eigenvalue weighted by molar-refractivity contribution is 6.74. The van der Waals surface area contributed by atoms with E-state index in [4.69, 9.17) is 4.43 Å². The molecule has 33 heavy (non-hydrogen) atoms. The molecule has 1 aliphatic carbocycles. The molecule has 0 radical (unpaired) electrons. The normalized spacial score (nSPS) is 18.7. The van der Waals surface area contributed by atoms with Crippen molar-refractivity contribution in [1.82, 2.24) is 9.78 Å². The third-order valence-electron chi connectivity index (χ3n) is 7.33. The van der Waals surface area contributed by atoms with Crippen LogP contribution >= 0.6 is 0 Å². The second kappa shape index (κ2) is 9.55. The van der Waals surface area contributed by atoms with Crippen molar-refractivity contribution >= 4 is 20.4 Å². The summed E-state index contributed by atoms with van der Waals surface area (Å²) >= 11 is 0. The molecule has 0 fully saturated rings. The fourth-order valence-electron chi connectivity index (χ4n) is 4.22. The lowest BCUT2D eigenvalue weighted by molar-refractivity contribution is -0.137. The van der Waals surface area contributed by atoms with Crippen molar-refractivity contribution in [3.63, 3.8) is 0 Å². The van der Waals surface area contributed by atoms with Gasteiger partial charge in [0.25, 0.3) is 0 Å². The highest BCUT2D eigenvalue weighted by Crippen LogP contribution is 2.47. The molecule has 180 valence electrons. The second-order valence-corrected chi connectivity index (χ2v) is 15.6. The van der Waals surface area contributed by atoms with Gasteiger partial charge in [0.15, 0.2) is 8.32 Å². The zero-order valence-electron chi connectivity index (χ0n) is 20.7. The standard InChI is InChI=1S/C26H37FN2O3Si/c1-7-8-20-15-23-19(17-28-29(23)22-11-9-21(27)10-12-22)16-26(20,14-13-24(30)31)18-32-33(5,6)25(2,3)4/h9-12,15,17H,7-8,13-14,16,18H2,1-6H3,(H,30,31)/t26-/m0/s1. The van der Waals surface area contributed by atoms with Gasteiger partial charge in [0.05, 0.1) is 17.6 Å². The average Bonchev–Trinajstić information content (AvgIpc) is 3.13. The van der Waals surface area contributed by atoms with Crippen molar-refractivity contribution in [3.8, 4) is 5.69 Å². The van der Waals surface area contributed by atoms with E-state index in [9.17, 15) is 14.3 Å². The summed E-state index contributed by atoms with van der Waals surface area (Å²) in [5.41, 5.74) is 3.72.